The van der Waals surface area contributed by atoms with Gasteiger partial charge in [-0.2, -0.15) is 0 Å². The molecule has 3 aromatic rings. The summed E-state index contributed by atoms with van der Waals surface area (Å²) in [4.78, 5) is 13.7. The molecule has 0 aliphatic carbocycles. The van der Waals surface area contributed by atoms with Crippen molar-refractivity contribution in [2.75, 3.05) is 39.8 Å². The predicted octanol–water partition coefficient (Wildman–Crippen LogP) is 2.95. The maximum absolute atomic E-state index is 4.36. The third-order valence-corrected chi connectivity index (χ3v) is 5.77. The number of hydrogen-bond acceptors (Lipinski definition) is 4. The van der Waals surface area contributed by atoms with Gasteiger partial charge in [0.1, 0.15) is 0 Å². The maximum Gasteiger partial charge on any atom is 0.159 e. The van der Waals surface area contributed by atoms with Gasteiger partial charge in [0.05, 0.1) is 0 Å². The SMILES string of the molecule is CN1CCN(CCn2cc(I)c3cc(-c4ncccn4)ccc32)CC1. The zero-order chi connectivity index (χ0) is 17.2. The molecule has 1 aliphatic rings. The molecule has 1 aromatic carbocycles. The van der Waals surface area contributed by atoms with E-state index in [0.717, 1.165) is 24.5 Å². The fourth-order valence-electron chi connectivity index (χ4n) is 3.35. The van der Waals surface area contributed by atoms with Crippen molar-refractivity contribution in [3.63, 3.8) is 0 Å². The summed E-state index contributed by atoms with van der Waals surface area (Å²) in [5.74, 6) is 0.783. The van der Waals surface area contributed by atoms with E-state index in [2.05, 4.69) is 78.4 Å². The van der Waals surface area contributed by atoms with E-state index >= 15 is 0 Å². The van der Waals surface area contributed by atoms with Gasteiger partial charge in [-0.25, -0.2) is 9.97 Å². The third-order valence-electron chi connectivity index (χ3n) is 4.91. The van der Waals surface area contributed by atoms with Crippen LogP contribution in [0.4, 0.5) is 0 Å². The van der Waals surface area contributed by atoms with Crippen molar-refractivity contribution < 1.29 is 0 Å². The Bertz CT molecular complexity index is 853. The number of aromatic nitrogens is 3. The van der Waals surface area contributed by atoms with Crippen molar-refractivity contribution in [3.8, 4) is 11.4 Å². The number of piperazine rings is 1. The van der Waals surface area contributed by atoms with E-state index in [0.29, 0.717) is 0 Å². The fourth-order valence-corrected chi connectivity index (χ4v) is 4.11. The summed E-state index contributed by atoms with van der Waals surface area (Å²) in [5, 5.41) is 1.28. The zero-order valence-corrected chi connectivity index (χ0v) is 16.6. The van der Waals surface area contributed by atoms with E-state index in [1.165, 1.54) is 40.7 Å². The number of likely N-dealkylation sites (N-methyl/N-ethyl adjacent to an activating group) is 1. The predicted molar refractivity (Wildman–Crippen MR) is 110 cm³/mol. The monoisotopic (exact) mass is 447 g/mol. The lowest BCUT2D eigenvalue weighted by molar-refractivity contribution is 0.150. The van der Waals surface area contributed by atoms with E-state index in [1.807, 2.05) is 6.07 Å². The first-order chi connectivity index (χ1) is 12.2. The second kappa shape index (κ2) is 7.39. The van der Waals surface area contributed by atoms with Crippen LogP contribution in [-0.2, 0) is 6.54 Å². The van der Waals surface area contributed by atoms with Crippen LogP contribution in [-0.4, -0.2) is 64.1 Å². The highest BCUT2D eigenvalue weighted by Gasteiger charge is 2.14. The van der Waals surface area contributed by atoms with E-state index < -0.39 is 0 Å². The van der Waals surface area contributed by atoms with Gasteiger partial charge in [-0.15, -0.1) is 0 Å². The first-order valence-corrected chi connectivity index (χ1v) is 9.75. The Morgan fingerprint density at radius 3 is 2.56 bits per heavy atom. The Hall–Kier alpha value is -1.51. The minimum Gasteiger partial charge on any atom is -0.345 e. The summed E-state index contributed by atoms with van der Waals surface area (Å²) in [5.41, 5.74) is 2.36. The van der Waals surface area contributed by atoms with Crippen molar-refractivity contribution in [3.05, 3.63) is 46.4 Å². The van der Waals surface area contributed by atoms with Crippen LogP contribution in [0.1, 0.15) is 0 Å². The van der Waals surface area contributed by atoms with Gasteiger partial charge in [-0.3, -0.25) is 4.90 Å². The molecule has 0 amide bonds. The highest BCUT2D eigenvalue weighted by atomic mass is 127. The zero-order valence-electron chi connectivity index (χ0n) is 14.4. The van der Waals surface area contributed by atoms with Gasteiger partial charge >= 0.3 is 0 Å². The maximum atomic E-state index is 4.36. The first-order valence-electron chi connectivity index (χ1n) is 8.67. The summed E-state index contributed by atoms with van der Waals surface area (Å²) < 4.78 is 3.66. The Morgan fingerprint density at radius 1 is 1.04 bits per heavy atom. The quantitative estimate of drug-likeness (QED) is 0.577. The minimum absolute atomic E-state index is 0.783. The molecule has 6 heteroatoms. The van der Waals surface area contributed by atoms with Gasteiger partial charge in [0.2, 0.25) is 0 Å². The molecule has 25 heavy (non-hydrogen) atoms. The molecular formula is C19H22IN5. The van der Waals surface area contributed by atoms with Crippen LogP contribution in [0.2, 0.25) is 0 Å². The molecule has 3 heterocycles. The molecule has 1 saturated heterocycles. The lowest BCUT2D eigenvalue weighted by atomic mass is 10.1. The summed E-state index contributed by atoms with van der Waals surface area (Å²) >= 11 is 2.43. The molecule has 0 saturated carbocycles. The molecule has 4 rings (SSSR count). The summed E-state index contributed by atoms with van der Waals surface area (Å²) in [6.45, 7) is 6.82. The average molecular weight is 447 g/mol. The van der Waals surface area contributed by atoms with Crippen molar-refractivity contribution in [1.29, 1.82) is 0 Å². The van der Waals surface area contributed by atoms with Gasteiger partial charge in [0.25, 0.3) is 0 Å². The lowest BCUT2D eigenvalue weighted by Crippen LogP contribution is -2.45. The highest BCUT2D eigenvalue weighted by Crippen LogP contribution is 2.27. The van der Waals surface area contributed by atoms with Crippen LogP contribution in [0.15, 0.2) is 42.9 Å². The number of halogens is 1. The summed E-state index contributed by atoms with van der Waals surface area (Å²) in [6.07, 6.45) is 5.84. The minimum atomic E-state index is 0.783. The van der Waals surface area contributed by atoms with Crippen LogP contribution < -0.4 is 0 Å². The fraction of sp³-hybridized carbons (Fsp3) is 0.368. The second-order valence-corrected chi connectivity index (χ2v) is 7.78. The first kappa shape index (κ1) is 16.9. The Balaban J connectivity index is 1.54. The van der Waals surface area contributed by atoms with Crippen molar-refractivity contribution in [2.45, 2.75) is 6.54 Å². The van der Waals surface area contributed by atoms with Crippen molar-refractivity contribution in [1.82, 2.24) is 24.3 Å². The largest absolute Gasteiger partial charge is 0.345 e. The van der Waals surface area contributed by atoms with Crippen LogP contribution in [0.25, 0.3) is 22.3 Å². The Labute approximate surface area is 161 Å². The molecule has 0 atom stereocenters. The van der Waals surface area contributed by atoms with Crippen LogP contribution in [0, 0.1) is 3.57 Å². The average Bonchev–Trinajstić information content (AvgIpc) is 2.97. The van der Waals surface area contributed by atoms with Gasteiger partial charge in [0, 0.05) is 77.9 Å². The van der Waals surface area contributed by atoms with E-state index in [9.17, 15) is 0 Å². The number of fused-ring (bicyclic) bond motifs is 1. The smallest absolute Gasteiger partial charge is 0.159 e. The molecular weight excluding hydrogens is 425 g/mol. The molecule has 2 aromatic heterocycles. The van der Waals surface area contributed by atoms with E-state index in [4.69, 9.17) is 0 Å². The molecule has 0 N–H and O–H groups in total. The lowest BCUT2D eigenvalue weighted by Gasteiger charge is -2.32. The molecule has 1 aliphatic heterocycles. The topological polar surface area (TPSA) is 37.2 Å². The summed E-state index contributed by atoms with van der Waals surface area (Å²) in [6, 6.07) is 8.38. The number of rotatable bonds is 4. The Morgan fingerprint density at radius 2 is 1.80 bits per heavy atom. The number of hydrogen-bond donors (Lipinski definition) is 0. The highest BCUT2D eigenvalue weighted by molar-refractivity contribution is 14.1. The standard InChI is InChI=1S/C19H22IN5/c1-23-7-9-24(10-8-23)11-12-25-14-17(20)16-13-15(3-4-18(16)25)19-21-5-2-6-22-19/h2-6,13-14H,7-12H2,1H3. The second-order valence-electron chi connectivity index (χ2n) is 6.62. The molecule has 1 fully saturated rings. The van der Waals surface area contributed by atoms with Crippen LogP contribution in [0.5, 0.6) is 0 Å². The number of benzene rings is 1. The molecule has 0 unspecified atom stereocenters. The van der Waals surface area contributed by atoms with Gasteiger partial charge in [-0.1, -0.05) is 0 Å². The number of nitrogens with zero attached hydrogens (tertiary/aromatic N) is 5. The van der Waals surface area contributed by atoms with E-state index in [-0.39, 0.29) is 0 Å². The van der Waals surface area contributed by atoms with Gasteiger partial charge in [0.15, 0.2) is 5.82 Å². The van der Waals surface area contributed by atoms with Crippen molar-refractivity contribution >= 4 is 33.5 Å². The normalized spacial score (nSPS) is 16.6. The summed E-state index contributed by atoms with van der Waals surface area (Å²) in [7, 11) is 2.20. The van der Waals surface area contributed by atoms with E-state index in [1.54, 1.807) is 12.4 Å². The van der Waals surface area contributed by atoms with Crippen LogP contribution in [0.3, 0.4) is 0 Å². The van der Waals surface area contributed by atoms with Crippen LogP contribution >= 0.6 is 22.6 Å². The Kier molecular flexibility index (Phi) is 5.00. The molecule has 5 nitrogen and oxygen atoms in total. The van der Waals surface area contributed by atoms with Gasteiger partial charge < -0.3 is 9.47 Å². The molecule has 130 valence electrons. The molecule has 0 spiro atoms. The molecule has 0 bridgehead atoms. The molecule has 0 radical (unpaired) electrons. The van der Waals surface area contributed by atoms with Crippen molar-refractivity contribution in [2.24, 2.45) is 0 Å². The third kappa shape index (κ3) is 3.70. The van der Waals surface area contributed by atoms with Gasteiger partial charge in [-0.05, 0) is 53.9 Å².